The van der Waals surface area contributed by atoms with Crippen molar-refractivity contribution in [1.82, 2.24) is 10.6 Å². The third kappa shape index (κ3) is 5.49. The summed E-state index contributed by atoms with van der Waals surface area (Å²) in [6, 6.07) is 28.6. The van der Waals surface area contributed by atoms with Crippen LogP contribution in [-0.2, 0) is 11.3 Å². The van der Waals surface area contributed by atoms with E-state index in [0.29, 0.717) is 6.54 Å². The van der Waals surface area contributed by atoms with Crippen LogP contribution in [0, 0.1) is 11.3 Å². The highest BCUT2D eigenvalue weighted by Crippen LogP contribution is 2.22. The van der Waals surface area contributed by atoms with Gasteiger partial charge in [-0.3, -0.25) is 4.79 Å². The van der Waals surface area contributed by atoms with Crippen molar-refractivity contribution in [2.24, 2.45) is 0 Å². The van der Waals surface area contributed by atoms with E-state index in [1.807, 2.05) is 91.0 Å². The van der Waals surface area contributed by atoms with Crippen LogP contribution in [0.15, 0.2) is 96.7 Å². The molecule has 2 N–H and O–H groups in total. The Hall–Kier alpha value is -4.04. The van der Waals surface area contributed by atoms with Crippen LogP contribution in [0.25, 0.3) is 0 Å². The number of nitriles is 1. The number of nitrogens with zero attached hydrogens (tertiary/aromatic N) is 1. The third-order valence-corrected chi connectivity index (χ3v) is 4.59. The van der Waals surface area contributed by atoms with Crippen LogP contribution in [0.5, 0.6) is 5.75 Å². The topological polar surface area (TPSA) is 74.1 Å². The number of carbonyl (C=O) groups is 1. The molecule has 5 heteroatoms. The number of benzene rings is 3. The zero-order valence-electron chi connectivity index (χ0n) is 16.7. The summed E-state index contributed by atoms with van der Waals surface area (Å²) < 4.78 is 5.21. The van der Waals surface area contributed by atoms with Crippen molar-refractivity contribution in [2.75, 3.05) is 7.11 Å². The molecule has 0 unspecified atom stereocenters. The molecule has 0 spiro atoms. The number of hydrogen-bond donors (Lipinski definition) is 2. The summed E-state index contributed by atoms with van der Waals surface area (Å²) in [4.78, 5) is 12.8. The fourth-order valence-corrected chi connectivity index (χ4v) is 3.06. The molecule has 0 aliphatic carbocycles. The van der Waals surface area contributed by atoms with Crippen molar-refractivity contribution in [1.29, 1.82) is 5.26 Å². The molecule has 5 nitrogen and oxygen atoms in total. The van der Waals surface area contributed by atoms with Crippen LogP contribution in [0.2, 0.25) is 0 Å². The van der Waals surface area contributed by atoms with Gasteiger partial charge in [-0.15, -0.1) is 0 Å². The van der Waals surface area contributed by atoms with E-state index in [2.05, 4.69) is 10.6 Å². The molecule has 0 aromatic heterocycles. The van der Waals surface area contributed by atoms with Gasteiger partial charge in [0.1, 0.15) is 17.4 Å². The van der Waals surface area contributed by atoms with Gasteiger partial charge >= 0.3 is 0 Å². The smallest absolute Gasteiger partial charge is 0.264 e. The number of amides is 1. The molecule has 3 rings (SSSR count). The number of carbonyl (C=O) groups excluding carboxylic acids is 1. The molecular formula is C25H23N3O2. The molecule has 150 valence electrons. The highest BCUT2D eigenvalue weighted by molar-refractivity contribution is 5.97. The van der Waals surface area contributed by atoms with Crippen molar-refractivity contribution < 1.29 is 9.53 Å². The number of ether oxygens (including phenoxy) is 1. The van der Waals surface area contributed by atoms with Crippen molar-refractivity contribution in [2.45, 2.75) is 12.6 Å². The number of hydrogen-bond acceptors (Lipinski definition) is 4. The monoisotopic (exact) mass is 397 g/mol. The molecule has 3 aromatic rings. The Labute approximate surface area is 176 Å². The Kier molecular flexibility index (Phi) is 7.23. The average molecular weight is 397 g/mol. The van der Waals surface area contributed by atoms with E-state index in [9.17, 15) is 10.1 Å². The zero-order valence-corrected chi connectivity index (χ0v) is 16.7. The Morgan fingerprint density at radius 2 is 1.63 bits per heavy atom. The largest absolute Gasteiger partial charge is 0.497 e. The molecule has 1 amide bonds. The minimum absolute atomic E-state index is 0.00904. The van der Waals surface area contributed by atoms with Gasteiger partial charge in [-0.1, -0.05) is 72.8 Å². The van der Waals surface area contributed by atoms with E-state index >= 15 is 0 Å². The molecule has 0 aliphatic rings. The van der Waals surface area contributed by atoms with Gasteiger partial charge in [0, 0.05) is 12.7 Å². The summed E-state index contributed by atoms with van der Waals surface area (Å²) in [5, 5.41) is 15.5. The van der Waals surface area contributed by atoms with E-state index in [4.69, 9.17) is 4.74 Å². The van der Waals surface area contributed by atoms with E-state index in [-0.39, 0.29) is 11.6 Å². The first-order chi connectivity index (χ1) is 14.7. The first kappa shape index (κ1) is 20.7. The van der Waals surface area contributed by atoms with Crippen molar-refractivity contribution >= 4 is 5.91 Å². The molecule has 0 bridgehead atoms. The predicted molar refractivity (Wildman–Crippen MR) is 116 cm³/mol. The Balaban J connectivity index is 1.73. The van der Waals surface area contributed by atoms with Crippen LogP contribution < -0.4 is 15.4 Å². The lowest BCUT2D eigenvalue weighted by atomic mass is 9.98. The summed E-state index contributed by atoms with van der Waals surface area (Å²) in [6.45, 7) is 0.469. The average Bonchev–Trinajstić information content (AvgIpc) is 2.81. The Bertz CT molecular complexity index is 1000. The van der Waals surface area contributed by atoms with Crippen molar-refractivity contribution in [3.05, 3.63) is 113 Å². The molecule has 30 heavy (non-hydrogen) atoms. The fraction of sp³-hybridized carbons (Fsp3) is 0.120. The molecule has 0 saturated carbocycles. The maximum absolute atomic E-state index is 12.8. The lowest BCUT2D eigenvalue weighted by Crippen LogP contribution is -2.30. The summed E-state index contributed by atoms with van der Waals surface area (Å²) >= 11 is 0. The van der Waals surface area contributed by atoms with E-state index in [1.54, 1.807) is 7.11 Å². The minimum Gasteiger partial charge on any atom is -0.497 e. The number of nitrogens with one attached hydrogen (secondary N) is 2. The van der Waals surface area contributed by atoms with Gasteiger partial charge in [-0.25, -0.2) is 0 Å². The van der Waals surface area contributed by atoms with Gasteiger partial charge in [0.25, 0.3) is 5.91 Å². The predicted octanol–water partition coefficient (Wildman–Crippen LogP) is 4.10. The van der Waals surface area contributed by atoms with Crippen LogP contribution in [-0.4, -0.2) is 13.0 Å². The van der Waals surface area contributed by atoms with Gasteiger partial charge in [0.15, 0.2) is 0 Å². The van der Waals surface area contributed by atoms with E-state index < -0.39 is 5.91 Å². The Morgan fingerprint density at radius 3 is 2.20 bits per heavy atom. The fourth-order valence-electron chi connectivity index (χ4n) is 3.06. The summed E-state index contributed by atoms with van der Waals surface area (Å²) in [6.07, 6.45) is 1.45. The standard InChI is InChI=1S/C25H23N3O2/c1-30-23-14-8-9-19(15-23)17-27-18-22(16-26)25(29)28-24(20-10-4-2-5-11-20)21-12-6-3-7-13-21/h2-15,18,24,27H,17H2,1H3,(H,28,29)/b22-18-. The second-order valence-corrected chi connectivity index (χ2v) is 6.63. The molecule has 0 fully saturated rings. The quantitative estimate of drug-likeness (QED) is 0.443. The molecule has 0 heterocycles. The minimum atomic E-state index is -0.437. The number of rotatable bonds is 8. The van der Waals surface area contributed by atoms with E-state index in [1.165, 1.54) is 6.20 Å². The molecule has 0 saturated heterocycles. The van der Waals surface area contributed by atoms with Gasteiger partial charge in [-0.05, 0) is 28.8 Å². The normalized spacial score (nSPS) is 10.9. The van der Waals surface area contributed by atoms with Crippen LogP contribution in [0.1, 0.15) is 22.7 Å². The van der Waals surface area contributed by atoms with Gasteiger partial charge in [0.2, 0.25) is 0 Å². The van der Waals surface area contributed by atoms with Crippen LogP contribution in [0.3, 0.4) is 0 Å². The van der Waals surface area contributed by atoms with E-state index in [0.717, 1.165) is 22.4 Å². The van der Waals surface area contributed by atoms with Crippen molar-refractivity contribution in [3.8, 4) is 11.8 Å². The Morgan fingerprint density at radius 1 is 1.00 bits per heavy atom. The first-order valence-corrected chi connectivity index (χ1v) is 9.58. The SMILES string of the molecule is COc1cccc(CN/C=C(/C#N)C(=O)NC(c2ccccc2)c2ccccc2)c1. The summed E-state index contributed by atoms with van der Waals surface area (Å²) in [5.74, 6) is 0.318. The lowest BCUT2D eigenvalue weighted by molar-refractivity contribution is -0.117. The van der Waals surface area contributed by atoms with Crippen molar-refractivity contribution in [3.63, 3.8) is 0 Å². The zero-order chi connectivity index (χ0) is 21.2. The third-order valence-electron chi connectivity index (χ3n) is 4.59. The van der Waals surface area contributed by atoms with Gasteiger partial charge in [0.05, 0.1) is 13.2 Å². The summed E-state index contributed by atoms with van der Waals surface area (Å²) in [5.41, 5.74) is 2.88. The second-order valence-electron chi connectivity index (χ2n) is 6.63. The molecule has 3 aromatic carbocycles. The lowest BCUT2D eigenvalue weighted by Gasteiger charge is -2.19. The maximum Gasteiger partial charge on any atom is 0.264 e. The second kappa shape index (κ2) is 10.5. The van der Waals surface area contributed by atoms with Crippen LogP contribution in [0.4, 0.5) is 0 Å². The first-order valence-electron chi connectivity index (χ1n) is 9.58. The summed E-state index contributed by atoms with van der Waals surface area (Å²) in [7, 11) is 1.61. The molecule has 0 aliphatic heterocycles. The van der Waals surface area contributed by atoms with Gasteiger partial charge in [-0.2, -0.15) is 5.26 Å². The molecule has 0 atom stereocenters. The highest BCUT2D eigenvalue weighted by atomic mass is 16.5. The van der Waals surface area contributed by atoms with Crippen LogP contribution >= 0.6 is 0 Å². The highest BCUT2D eigenvalue weighted by Gasteiger charge is 2.19. The maximum atomic E-state index is 12.8. The molecule has 0 radical (unpaired) electrons. The van der Waals surface area contributed by atoms with Gasteiger partial charge < -0.3 is 15.4 Å². The number of methoxy groups -OCH3 is 1. The molecular weight excluding hydrogens is 374 g/mol.